The van der Waals surface area contributed by atoms with Gasteiger partial charge in [-0.15, -0.1) is 11.3 Å². The number of hydrogen-bond acceptors (Lipinski definition) is 3. The summed E-state index contributed by atoms with van der Waals surface area (Å²) >= 11 is 1.88. The van der Waals surface area contributed by atoms with Crippen LogP contribution in [0.5, 0.6) is 0 Å². The van der Waals surface area contributed by atoms with Gasteiger partial charge in [0.1, 0.15) is 5.82 Å². The summed E-state index contributed by atoms with van der Waals surface area (Å²) in [4.78, 5) is 0. The van der Waals surface area contributed by atoms with Crippen molar-refractivity contribution in [3.63, 3.8) is 0 Å². The number of rotatable bonds is 3. The Labute approximate surface area is 225 Å². The average Bonchev–Trinajstić information content (AvgIpc) is 3.53. The molecule has 38 heavy (non-hydrogen) atoms. The number of anilines is 1. The maximum absolute atomic E-state index is 3.88. The first-order chi connectivity index (χ1) is 18.8. The van der Waals surface area contributed by atoms with E-state index in [4.69, 9.17) is 0 Å². The average molecular weight is 508 g/mol. The smallest absolute Gasteiger partial charge is 0.112 e. The molecule has 0 fully saturated rings. The van der Waals surface area contributed by atoms with Crippen molar-refractivity contribution >= 4 is 65.6 Å². The molecule has 6 aromatic rings. The van der Waals surface area contributed by atoms with Crippen LogP contribution < -0.4 is 10.6 Å². The lowest BCUT2D eigenvalue weighted by molar-refractivity contribution is 0.733. The van der Waals surface area contributed by atoms with Crippen LogP contribution in [0.4, 0.5) is 5.69 Å². The Morgan fingerprint density at radius 3 is 2.47 bits per heavy atom. The third kappa shape index (κ3) is 3.27. The molecule has 0 amide bonds. The number of aromatic nitrogens is 1. The topological polar surface area (TPSA) is 29.0 Å². The number of nitrogens with one attached hydrogen (secondary N) is 2. The van der Waals surface area contributed by atoms with E-state index < -0.39 is 0 Å². The minimum atomic E-state index is 0.0492. The molecule has 2 aliphatic heterocycles. The van der Waals surface area contributed by atoms with Crippen molar-refractivity contribution in [2.75, 3.05) is 11.9 Å². The highest BCUT2D eigenvalue weighted by Gasteiger charge is 2.24. The zero-order valence-corrected chi connectivity index (χ0v) is 21.5. The zero-order valence-electron chi connectivity index (χ0n) is 20.7. The molecule has 0 radical (unpaired) electrons. The molecule has 0 spiro atoms. The van der Waals surface area contributed by atoms with Gasteiger partial charge in [-0.05, 0) is 47.1 Å². The lowest BCUT2D eigenvalue weighted by Gasteiger charge is -2.27. The fraction of sp³-hybridized carbons (Fsp3) is 0.0588. The number of hydrogen-bond donors (Lipinski definition) is 2. The standard InChI is InChI=1S/C34H25N3S/c1-2-10-22(11-3-1)28-20-23(24-14-8-15-26-25-12-5-7-18-31(25)38-34(24)26)21-32(36-28)37-29-16-6-4-13-27(29)33-30(37)17-9-19-35-33/h1-18,20-21,28,35-36H,19H2. The third-order valence-corrected chi connectivity index (χ3v) is 8.86. The largest absolute Gasteiger partial charge is 0.379 e. The lowest BCUT2D eigenvalue weighted by atomic mass is 9.95. The van der Waals surface area contributed by atoms with Crippen molar-refractivity contribution < 1.29 is 0 Å². The first-order valence-electron chi connectivity index (χ1n) is 13.0. The molecule has 0 aliphatic carbocycles. The van der Waals surface area contributed by atoms with Crippen LogP contribution in [0.15, 0.2) is 115 Å². The van der Waals surface area contributed by atoms with Crippen LogP contribution in [0.1, 0.15) is 22.9 Å². The van der Waals surface area contributed by atoms with Crippen molar-refractivity contribution in [3.8, 4) is 0 Å². The van der Waals surface area contributed by atoms with E-state index in [-0.39, 0.29) is 6.04 Å². The van der Waals surface area contributed by atoms with E-state index in [0.717, 1.165) is 12.4 Å². The number of nitrogens with zero attached hydrogens (tertiary/aromatic N) is 1. The second kappa shape index (κ2) is 8.51. The second-order valence-electron chi connectivity index (χ2n) is 9.86. The van der Waals surface area contributed by atoms with Gasteiger partial charge < -0.3 is 10.6 Å². The van der Waals surface area contributed by atoms with E-state index >= 15 is 0 Å². The van der Waals surface area contributed by atoms with Gasteiger partial charge in [0.05, 0.1) is 22.9 Å². The molecule has 8 rings (SSSR count). The van der Waals surface area contributed by atoms with Gasteiger partial charge in [-0.25, -0.2) is 0 Å². The number of allylic oxidation sites excluding steroid dienone is 2. The molecule has 2 aliphatic rings. The van der Waals surface area contributed by atoms with Crippen LogP contribution >= 0.6 is 11.3 Å². The molecular formula is C34H25N3S. The minimum absolute atomic E-state index is 0.0492. The molecule has 4 heterocycles. The number of thiophene rings is 1. The van der Waals surface area contributed by atoms with E-state index in [1.54, 1.807) is 0 Å². The Kier molecular flexibility index (Phi) is 4.82. The highest BCUT2D eigenvalue weighted by molar-refractivity contribution is 7.26. The first kappa shape index (κ1) is 21.5. The molecule has 0 saturated carbocycles. The van der Waals surface area contributed by atoms with Gasteiger partial charge in [-0.2, -0.15) is 0 Å². The lowest BCUT2D eigenvalue weighted by Crippen LogP contribution is -2.25. The quantitative estimate of drug-likeness (QED) is 0.251. The monoisotopic (exact) mass is 507 g/mol. The van der Waals surface area contributed by atoms with Gasteiger partial charge in [0.2, 0.25) is 0 Å². The molecule has 182 valence electrons. The van der Waals surface area contributed by atoms with E-state index in [2.05, 4.69) is 137 Å². The molecule has 3 nitrogen and oxygen atoms in total. The van der Waals surface area contributed by atoms with Gasteiger partial charge in [0, 0.05) is 32.1 Å². The molecule has 4 heteroatoms. The summed E-state index contributed by atoms with van der Waals surface area (Å²) in [6.07, 6.45) is 9.15. The first-order valence-corrected chi connectivity index (χ1v) is 13.9. The zero-order chi connectivity index (χ0) is 25.1. The van der Waals surface area contributed by atoms with Gasteiger partial charge in [0.25, 0.3) is 0 Å². The Morgan fingerprint density at radius 2 is 1.55 bits per heavy atom. The third-order valence-electron chi connectivity index (χ3n) is 7.64. The normalized spacial score (nSPS) is 16.7. The van der Waals surface area contributed by atoms with Crippen molar-refractivity contribution in [3.05, 3.63) is 132 Å². The minimum Gasteiger partial charge on any atom is -0.379 e. The van der Waals surface area contributed by atoms with Crippen LogP contribution in [-0.4, -0.2) is 11.1 Å². The Morgan fingerprint density at radius 1 is 0.763 bits per heavy atom. The van der Waals surface area contributed by atoms with Gasteiger partial charge >= 0.3 is 0 Å². The van der Waals surface area contributed by atoms with E-state index in [0.29, 0.717) is 0 Å². The summed E-state index contributed by atoms with van der Waals surface area (Å²) in [5.41, 5.74) is 7.35. The summed E-state index contributed by atoms with van der Waals surface area (Å²) in [6.45, 7) is 0.846. The number of fused-ring (bicyclic) bond motifs is 6. The molecule has 0 bridgehead atoms. The van der Waals surface area contributed by atoms with E-state index in [9.17, 15) is 0 Å². The Bertz CT molecular complexity index is 1950. The fourth-order valence-corrected chi connectivity index (χ4v) is 7.16. The predicted octanol–water partition coefficient (Wildman–Crippen LogP) is 8.67. The van der Waals surface area contributed by atoms with Crippen molar-refractivity contribution in [1.29, 1.82) is 0 Å². The van der Waals surface area contributed by atoms with Gasteiger partial charge in [-0.1, -0.05) is 91.0 Å². The molecular weight excluding hydrogens is 482 g/mol. The summed E-state index contributed by atoms with van der Waals surface area (Å²) in [5, 5.41) is 11.4. The maximum atomic E-state index is 3.88. The fourth-order valence-electron chi connectivity index (χ4n) is 5.92. The van der Waals surface area contributed by atoms with Crippen LogP contribution in [0.2, 0.25) is 0 Å². The highest BCUT2D eigenvalue weighted by atomic mass is 32.1. The van der Waals surface area contributed by atoms with Gasteiger partial charge in [-0.3, -0.25) is 4.57 Å². The summed E-state index contributed by atoms with van der Waals surface area (Å²) < 4.78 is 5.04. The van der Waals surface area contributed by atoms with E-state index in [1.165, 1.54) is 59.2 Å². The molecule has 2 N–H and O–H groups in total. The van der Waals surface area contributed by atoms with Gasteiger partial charge in [0.15, 0.2) is 0 Å². The summed E-state index contributed by atoms with van der Waals surface area (Å²) in [5.74, 6) is 1.08. The van der Waals surface area contributed by atoms with E-state index in [1.807, 2.05) is 11.3 Å². The summed E-state index contributed by atoms with van der Waals surface area (Å²) in [6, 6.07) is 34.9. The molecule has 1 atom stereocenters. The second-order valence-corrected chi connectivity index (χ2v) is 10.9. The predicted molar refractivity (Wildman–Crippen MR) is 163 cm³/mol. The molecule has 1 unspecified atom stereocenters. The number of benzene rings is 4. The van der Waals surface area contributed by atoms with Crippen LogP contribution in [0, 0.1) is 0 Å². The number of para-hydroxylation sites is 1. The van der Waals surface area contributed by atoms with Crippen molar-refractivity contribution in [2.24, 2.45) is 0 Å². The van der Waals surface area contributed by atoms with Crippen molar-refractivity contribution in [2.45, 2.75) is 6.04 Å². The van der Waals surface area contributed by atoms with Crippen LogP contribution in [0.3, 0.4) is 0 Å². The highest BCUT2D eigenvalue weighted by Crippen LogP contribution is 2.42. The Balaban J connectivity index is 1.38. The summed E-state index contributed by atoms with van der Waals surface area (Å²) in [7, 11) is 0. The Hall–Kier alpha value is -4.54. The SMILES string of the molecule is C1=Cc2c(c3ccccc3n2C2=CC(c3cccc4c3sc3ccccc34)=CC(c3ccccc3)N2)NC1. The van der Waals surface area contributed by atoms with Crippen LogP contribution in [-0.2, 0) is 0 Å². The van der Waals surface area contributed by atoms with Crippen molar-refractivity contribution in [1.82, 2.24) is 9.88 Å². The number of dihydropyridines is 1. The molecule has 4 aromatic carbocycles. The van der Waals surface area contributed by atoms with Crippen LogP contribution in [0.25, 0.3) is 48.5 Å². The molecule has 0 saturated heterocycles. The maximum Gasteiger partial charge on any atom is 0.112 e. The molecule has 2 aromatic heterocycles.